The zero-order valence-corrected chi connectivity index (χ0v) is 6.97. The highest BCUT2D eigenvalue weighted by molar-refractivity contribution is 5.92. The predicted molar refractivity (Wildman–Crippen MR) is 41.7 cm³/mol. The van der Waals surface area contributed by atoms with E-state index in [4.69, 9.17) is 4.52 Å². The number of aryl methyl sites for hydroxylation is 1. The summed E-state index contributed by atoms with van der Waals surface area (Å²) in [5, 5.41) is 3.72. The molecule has 0 fully saturated rings. The minimum Gasteiger partial charge on any atom is -0.350 e. The molecular weight excluding hydrogens is 175 g/mol. The number of amides is 1. The number of carbonyl (C=O) groups excluding carboxylic acids is 1. The lowest BCUT2D eigenvalue weighted by Gasteiger charge is -2.07. The summed E-state index contributed by atoms with van der Waals surface area (Å²) >= 11 is 0. The van der Waals surface area contributed by atoms with Crippen LogP contribution >= 0.6 is 0 Å². The van der Waals surface area contributed by atoms with Gasteiger partial charge in [-0.1, -0.05) is 9.64 Å². The molecule has 5 heteroatoms. The van der Waals surface area contributed by atoms with Gasteiger partial charge >= 0.3 is 5.91 Å². The Hall–Kier alpha value is -1.39. The number of hydrogen-bond acceptors (Lipinski definition) is 3. The van der Waals surface area contributed by atoms with Gasteiger partial charge in [0.25, 0.3) is 0 Å². The van der Waals surface area contributed by atoms with Crippen molar-refractivity contribution in [2.24, 2.45) is 0 Å². The fourth-order valence-corrected chi connectivity index (χ4v) is 1.61. The number of fused-ring (bicyclic) bond motifs is 1. The first kappa shape index (κ1) is 8.22. The van der Waals surface area contributed by atoms with E-state index < -0.39 is 5.91 Å². The van der Waals surface area contributed by atoms with Crippen molar-refractivity contribution in [3.63, 3.8) is 0 Å². The van der Waals surface area contributed by atoms with Gasteiger partial charge in [-0.3, -0.25) is 4.79 Å². The normalized spacial score (nSPS) is 15.2. The Morgan fingerprint density at radius 2 is 2.23 bits per heavy atom. The van der Waals surface area contributed by atoms with Crippen molar-refractivity contribution in [2.45, 2.75) is 25.7 Å². The van der Waals surface area contributed by atoms with Crippen LogP contribution in [0.15, 0.2) is 4.52 Å². The Bertz CT molecular complexity index is 335. The van der Waals surface area contributed by atoms with Crippen LogP contribution in [0.25, 0.3) is 0 Å². The van der Waals surface area contributed by atoms with Crippen molar-refractivity contribution in [1.82, 2.24) is 10.7 Å². The zero-order valence-electron chi connectivity index (χ0n) is 6.97. The molecule has 0 saturated heterocycles. The molecule has 13 heavy (non-hydrogen) atoms. The number of aromatic nitrogens is 1. The predicted octanol–water partition coefficient (Wildman–Crippen LogP) is 1.17. The minimum absolute atomic E-state index is 0.0252. The third-order valence-corrected chi connectivity index (χ3v) is 2.25. The van der Waals surface area contributed by atoms with Gasteiger partial charge in [0.2, 0.25) is 5.76 Å². The van der Waals surface area contributed by atoms with E-state index in [1.165, 1.54) is 0 Å². The Kier molecular flexibility index (Phi) is 2.00. The molecule has 0 spiro atoms. The second-order valence-corrected chi connectivity index (χ2v) is 3.07. The largest absolute Gasteiger partial charge is 0.350 e. The van der Waals surface area contributed by atoms with Crippen LogP contribution in [0.5, 0.6) is 0 Å². The average molecular weight is 184 g/mol. The lowest BCUT2D eigenvalue weighted by Crippen LogP contribution is -2.15. The fourth-order valence-electron chi connectivity index (χ4n) is 1.61. The maximum atomic E-state index is 11.8. The minimum atomic E-state index is -0.837. The molecular formula is C8H9FN2O2. The van der Waals surface area contributed by atoms with E-state index in [1.807, 2.05) is 0 Å². The van der Waals surface area contributed by atoms with Gasteiger partial charge in [0.1, 0.15) is 0 Å². The molecule has 1 N–H and O–H groups in total. The number of nitrogens with one attached hydrogen (secondary N) is 1. The van der Waals surface area contributed by atoms with Crippen LogP contribution in [0.2, 0.25) is 0 Å². The molecule has 2 rings (SSSR count). The molecule has 1 aromatic rings. The van der Waals surface area contributed by atoms with Crippen LogP contribution in [-0.4, -0.2) is 11.1 Å². The molecule has 1 amide bonds. The van der Waals surface area contributed by atoms with Crippen LogP contribution in [0.1, 0.15) is 34.7 Å². The summed E-state index contributed by atoms with van der Waals surface area (Å²) in [6.45, 7) is 0. The van der Waals surface area contributed by atoms with E-state index in [9.17, 15) is 9.28 Å². The molecule has 0 bridgehead atoms. The van der Waals surface area contributed by atoms with E-state index in [-0.39, 0.29) is 5.76 Å². The maximum absolute atomic E-state index is 11.8. The van der Waals surface area contributed by atoms with Crippen molar-refractivity contribution in [3.8, 4) is 0 Å². The van der Waals surface area contributed by atoms with E-state index in [0.717, 1.165) is 42.5 Å². The number of hydrogen-bond donors (Lipinski definition) is 1. The van der Waals surface area contributed by atoms with Crippen molar-refractivity contribution < 1.29 is 13.8 Å². The molecule has 1 aliphatic carbocycles. The summed E-state index contributed by atoms with van der Waals surface area (Å²) in [6.07, 6.45) is 3.62. The van der Waals surface area contributed by atoms with E-state index in [2.05, 4.69) is 5.16 Å². The highest BCUT2D eigenvalue weighted by atomic mass is 19.2. The smallest absolute Gasteiger partial charge is 0.317 e. The van der Waals surface area contributed by atoms with Gasteiger partial charge in [0, 0.05) is 5.56 Å². The van der Waals surface area contributed by atoms with E-state index in [0.29, 0.717) is 0 Å². The van der Waals surface area contributed by atoms with Crippen molar-refractivity contribution in [3.05, 3.63) is 17.0 Å². The monoisotopic (exact) mass is 184 g/mol. The van der Waals surface area contributed by atoms with Crippen molar-refractivity contribution in [1.29, 1.82) is 0 Å². The van der Waals surface area contributed by atoms with Crippen LogP contribution in [0, 0.1) is 0 Å². The molecule has 0 aromatic carbocycles. The van der Waals surface area contributed by atoms with Gasteiger partial charge in [-0.25, -0.2) is 0 Å². The van der Waals surface area contributed by atoms with Crippen molar-refractivity contribution in [2.75, 3.05) is 0 Å². The molecule has 0 radical (unpaired) electrons. The summed E-state index contributed by atoms with van der Waals surface area (Å²) in [7, 11) is 0. The molecule has 0 unspecified atom stereocenters. The molecule has 0 aliphatic heterocycles. The van der Waals surface area contributed by atoms with Crippen LogP contribution in [-0.2, 0) is 12.8 Å². The summed E-state index contributed by atoms with van der Waals surface area (Å²) < 4.78 is 16.6. The number of halogens is 1. The first-order valence-electron chi connectivity index (χ1n) is 4.21. The number of nitrogens with zero attached hydrogens (tertiary/aromatic N) is 1. The fraction of sp³-hybridized carbons (Fsp3) is 0.500. The lowest BCUT2D eigenvalue weighted by atomic mass is 9.96. The van der Waals surface area contributed by atoms with E-state index in [1.54, 1.807) is 0 Å². The van der Waals surface area contributed by atoms with E-state index >= 15 is 0 Å². The maximum Gasteiger partial charge on any atom is 0.317 e. The molecule has 1 aliphatic rings. The van der Waals surface area contributed by atoms with Crippen LogP contribution < -0.4 is 5.54 Å². The third kappa shape index (κ3) is 1.30. The molecule has 1 aromatic heterocycles. The Morgan fingerprint density at radius 3 is 3.00 bits per heavy atom. The average Bonchev–Trinajstić information content (AvgIpc) is 2.60. The highest BCUT2D eigenvalue weighted by Gasteiger charge is 2.23. The second-order valence-electron chi connectivity index (χ2n) is 3.07. The number of carbonyl (C=O) groups is 1. The standard InChI is InChI=1S/C8H9FN2O2/c9-10-8(12)7-5-3-1-2-4-6(5)11-13-7/h1-4H2,(H,10,12). The number of rotatable bonds is 1. The van der Waals surface area contributed by atoms with Gasteiger partial charge in [0.05, 0.1) is 5.69 Å². The Labute approximate surface area is 74.0 Å². The lowest BCUT2D eigenvalue weighted by molar-refractivity contribution is 0.0819. The van der Waals surface area contributed by atoms with Gasteiger partial charge in [-0.05, 0) is 25.7 Å². The molecule has 0 saturated carbocycles. The van der Waals surface area contributed by atoms with Gasteiger partial charge < -0.3 is 4.52 Å². The quantitative estimate of drug-likeness (QED) is 0.666. The van der Waals surface area contributed by atoms with Gasteiger partial charge in [-0.15, -0.1) is 0 Å². The summed E-state index contributed by atoms with van der Waals surface area (Å²) in [4.78, 5) is 10.9. The SMILES string of the molecule is O=C(NF)c1onc2c1CCCC2. The molecule has 4 nitrogen and oxygen atoms in total. The summed E-state index contributed by atoms with van der Waals surface area (Å²) in [5.41, 5.74) is 2.61. The molecule has 1 heterocycles. The summed E-state index contributed by atoms with van der Waals surface area (Å²) in [5.74, 6) is -0.812. The molecule has 0 atom stereocenters. The van der Waals surface area contributed by atoms with Crippen LogP contribution in [0.3, 0.4) is 0 Å². The first-order valence-corrected chi connectivity index (χ1v) is 4.21. The summed E-state index contributed by atoms with van der Waals surface area (Å²) in [6, 6.07) is 0. The third-order valence-electron chi connectivity index (χ3n) is 2.25. The first-order chi connectivity index (χ1) is 6.33. The second kappa shape index (κ2) is 3.16. The van der Waals surface area contributed by atoms with Crippen molar-refractivity contribution >= 4 is 5.91 Å². The molecule has 70 valence electrons. The topological polar surface area (TPSA) is 55.1 Å². The Balaban J connectivity index is 2.36. The van der Waals surface area contributed by atoms with Gasteiger partial charge in [-0.2, -0.15) is 5.54 Å². The zero-order chi connectivity index (χ0) is 9.26. The Morgan fingerprint density at radius 1 is 1.46 bits per heavy atom. The van der Waals surface area contributed by atoms with Gasteiger partial charge in [0.15, 0.2) is 0 Å². The highest BCUT2D eigenvalue weighted by Crippen LogP contribution is 2.23. The van der Waals surface area contributed by atoms with Crippen LogP contribution in [0.4, 0.5) is 4.48 Å².